The van der Waals surface area contributed by atoms with Crippen molar-refractivity contribution < 1.29 is 5.11 Å². The van der Waals surface area contributed by atoms with Crippen LogP contribution in [0.4, 0.5) is 0 Å². The molecule has 2 saturated carbocycles. The van der Waals surface area contributed by atoms with Crippen LogP contribution in [0.5, 0.6) is 0 Å². The number of aliphatic hydroxyl groups excluding tert-OH is 1. The first-order valence-electron chi connectivity index (χ1n) is 6.28. The van der Waals surface area contributed by atoms with E-state index in [9.17, 15) is 5.11 Å². The Balaban J connectivity index is 1.86. The van der Waals surface area contributed by atoms with E-state index in [-0.39, 0.29) is 6.10 Å². The van der Waals surface area contributed by atoms with Crippen molar-refractivity contribution in [2.75, 3.05) is 0 Å². The van der Waals surface area contributed by atoms with Gasteiger partial charge >= 0.3 is 0 Å². The smallest absolute Gasteiger partial charge is 0.0576 e. The van der Waals surface area contributed by atoms with Crippen molar-refractivity contribution in [1.29, 1.82) is 0 Å². The van der Waals surface area contributed by atoms with Crippen molar-refractivity contribution in [3.05, 3.63) is 0 Å². The highest BCUT2D eigenvalue weighted by molar-refractivity contribution is 4.90. The van der Waals surface area contributed by atoms with Gasteiger partial charge in [0.15, 0.2) is 0 Å². The number of rotatable bonds is 3. The van der Waals surface area contributed by atoms with Crippen molar-refractivity contribution in [3.63, 3.8) is 0 Å². The summed E-state index contributed by atoms with van der Waals surface area (Å²) in [7, 11) is 0. The Morgan fingerprint density at radius 1 is 1.21 bits per heavy atom. The van der Waals surface area contributed by atoms with Gasteiger partial charge in [-0.15, -0.1) is 0 Å². The van der Waals surface area contributed by atoms with E-state index in [1.165, 1.54) is 38.5 Å². The molecule has 1 heteroatoms. The fourth-order valence-electron chi connectivity index (χ4n) is 3.30. The third-order valence-electron chi connectivity index (χ3n) is 4.60. The maximum atomic E-state index is 10.2. The van der Waals surface area contributed by atoms with E-state index in [0.717, 1.165) is 12.3 Å². The first-order chi connectivity index (χ1) is 6.59. The van der Waals surface area contributed by atoms with Gasteiger partial charge in [-0.05, 0) is 36.5 Å². The Hall–Kier alpha value is -0.0400. The van der Waals surface area contributed by atoms with E-state index >= 15 is 0 Å². The Morgan fingerprint density at radius 3 is 2.36 bits per heavy atom. The third-order valence-corrected chi connectivity index (χ3v) is 4.60. The molecule has 0 amide bonds. The van der Waals surface area contributed by atoms with Crippen LogP contribution in [0, 0.1) is 17.3 Å². The van der Waals surface area contributed by atoms with Gasteiger partial charge in [-0.25, -0.2) is 0 Å². The first-order valence-corrected chi connectivity index (χ1v) is 6.28. The van der Waals surface area contributed by atoms with Crippen LogP contribution in [0.25, 0.3) is 0 Å². The van der Waals surface area contributed by atoms with E-state index in [2.05, 4.69) is 13.8 Å². The summed E-state index contributed by atoms with van der Waals surface area (Å²) >= 11 is 0. The fraction of sp³-hybridized carbons (Fsp3) is 1.00. The van der Waals surface area contributed by atoms with Crippen LogP contribution in [0.15, 0.2) is 0 Å². The molecule has 1 nitrogen and oxygen atoms in total. The lowest BCUT2D eigenvalue weighted by molar-refractivity contribution is 0.0247. The van der Waals surface area contributed by atoms with Gasteiger partial charge in [0, 0.05) is 0 Å². The molecule has 0 aromatic rings. The van der Waals surface area contributed by atoms with Gasteiger partial charge in [0.2, 0.25) is 0 Å². The maximum absolute atomic E-state index is 10.2. The summed E-state index contributed by atoms with van der Waals surface area (Å²) in [5, 5.41) is 10.2. The molecule has 1 N–H and O–H groups in total. The zero-order valence-electron chi connectivity index (χ0n) is 9.63. The molecule has 0 bridgehead atoms. The molecule has 0 aliphatic heterocycles. The zero-order chi connectivity index (χ0) is 10.2. The number of hydrogen-bond donors (Lipinski definition) is 1. The highest BCUT2D eigenvalue weighted by Crippen LogP contribution is 2.46. The molecular formula is C13H24O. The molecule has 2 atom stereocenters. The topological polar surface area (TPSA) is 20.2 Å². The summed E-state index contributed by atoms with van der Waals surface area (Å²) < 4.78 is 0. The van der Waals surface area contributed by atoms with Crippen LogP contribution in [0.3, 0.4) is 0 Å². The minimum absolute atomic E-state index is 0.0159. The van der Waals surface area contributed by atoms with Crippen molar-refractivity contribution in [2.45, 2.75) is 64.9 Å². The van der Waals surface area contributed by atoms with E-state index in [1.54, 1.807) is 0 Å². The summed E-state index contributed by atoms with van der Waals surface area (Å²) in [6, 6.07) is 0. The minimum Gasteiger partial charge on any atom is -0.393 e. The van der Waals surface area contributed by atoms with Crippen LogP contribution in [-0.4, -0.2) is 11.2 Å². The molecule has 0 aromatic heterocycles. The Bertz CT molecular complexity index is 193. The SMILES string of the molecule is CC1(C)CCCC1C(O)CC1CCC1. The summed E-state index contributed by atoms with van der Waals surface area (Å²) in [6.45, 7) is 4.66. The minimum atomic E-state index is -0.0159. The fourth-order valence-corrected chi connectivity index (χ4v) is 3.30. The van der Waals surface area contributed by atoms with E-state index in [0.29, 0.717) is 11.3 Å². The highest BCUT2D eigenvalue weighted by Gasteiger charge is 2.39. The molecule has 2 fully saturated rings. The molecule has 14 heavy (non-hydrogen) atoms. The van der Waals surface area contributed by atoms with Crippen molar-refractivity contribution in [1.82, 2.24) is 0 Å². The van der Waals surface area contributed by atoms with Gasteiger partial charge in [0.05, 0.1) is 6.10 Å². The highest BCUT2D eigenvalue weighted by atomic mass is 16.3. The van der Waals surface area contributed by atoms with E-state index in [1.807, 2.05) is 0 Å². The van der Waals surface area contributed by atoms with Crippen molar-refractivity contribution >= 4 is 0 Å². The lowest BCUT2D eigenvalue weighted by Gasteiger charge is -2.35. The van der Waals surface area contributed by atoms with Crippen molar-refractivity contribution in [2.24, 2.45) is 17.3 Å². The summed E-state index contributed by atoms with van der Waals surface area (Å²) in [5.74, 6) is 1.42. The first kappa shape index (κ1) is 10.5. The molecule has 2 rings (SSSR count). The second-order valence-electron chi connectivity index (χ2n) is 6.09. The predicted molar refractivity (Wildman–Crippen MR) is 59.1 cm³/mol. The molecule has 2 aliphatic rings. The molecule has 0 aromatic carbocycles. The standard InChI is InChI=1S/C13H24O/c1-13(2)8-4-7-11(13)12(14)9-10-5-3-6-10/h10-12,14H,3-9H2,1-2H3. The van der Waals surface area contributed by atoms with Gasteiger partial charge in [-0.3, -0.25) is 0 Å². The molecule has 0 saturated heterocycles. The molecule has 0 heterocycles. The normalized spacial score (nSPS) is 34.1. The lowest BCUT2D eigenvalue weighted by Crippen LogP contribution is -2.32. The lowest BCUT2D eigenvalue weighted by atomic mass is 9.73. The van der Waals surface area contributed by atoms with Crippen LogP contribution in [-0.2, 0) is 0 Å². The summed E-state index contributed by atoms with van der Waals surface area (Å²) in [5.41, 5.74) is 0.392. The van der Waals surface area contributed by atoms with Gasteiger partial charge < -0.3 is 5.11 Å². The van der Waals surface area contributed by atoms with Gasteiger partial charge in [0.1, 0.15) is 0 Å². The molecule has 0 radical (unpaired) electrons. The zero-order valence-corrected chi connectivity index (χ0v) is 9.63. The average Bonchev–Trinajstić information content (AvgIpc) is 2.37. The Morgan fingerprint density at radius 2 is 1.93 bits per heavy atom. The summed E-state index contributed by atoms with van der Waals surface area (Å²) in [4.78, 5) is 0. The van der Waals surface area contributed by atoms with Crippen molar-refractivity contribution in [3.8, 4) is 0 Å². The third kappa shape index (κ3) is 1.98. The average molecular weight is 196 g/mol. The quantitative estimate of drug-likeness (QED) is 0.734. The predicted octanol–water partition coefficient (Wildman–Crippen LogP) is 3.36. The molecule has 0 spiro atoms. The molecular weight excluding hydrogens is 172 g/mol. The van der Waals surface area contributed by atoms with Crippen LogP contribution in [0.1, 0.15) is 58.8 Å². The van der Waals surface area contributed by atoms with Gasteiger partial charge in [0.25, 0.3) is 0 Å². The monoisotopic (exact) mass is 196 g/mol. The number of hydrogen-bond acceptors (Lipinski definition) is 1. The number of aliphatic hydroxyl groups is 1. The molecule has 2 aliphatic carbocycles. The molecule has 82 valence electrons. The largest absolute Gasteiger partial charge is 0.393 e. The van der Waals surface area contributed by atoms with Gasteiger partial charge in [-0.1, -0.05) is 39.5 Å². The van der Waals surface area contributed by atoms with Crippen LogP contribution < -0.4 is 0 Å². The second-order valence-corrected chi connectivity index (χ2v) is 6.09. The Labute approximate surface area is 87.9 Å². The van der Waals surface area contributed by atoms with Crippen LogP contribution >= 0.6 is 0 Å². The van der Waals surface area contributed by atoms with Crippen LogP contribution in [0.2, 0.25) is 0 Å². The van der Waals surface area contributed by atoms with Gasteiger partial charge in [-0.2, -0.15) is 0 Å². The van der Waals surface area contributed by atoms with E-state index in [4.69, 9.17) is 0 Å². The maximum Gasteiger partial charge on any atom is 0.0576 e. The second kappa shape index (κ2) is 3.84. The summed E-state index contributed by atoms with van der Waals surface area (Å²) in [6.07, 6.45) is 9.06. The molecule has 2 unspecified atom stereocenters. The van der Waals surface area contributed by atoms with E-state index < -0.39 is 0 Å². The Kier molecular flexibility index (Phi) is 2.88.